The van der Waals surface area contributed by atoms with Crippen molar-refractivity contribution in [2.45, 2.75) is 0 Å². The average molecular weight is 1170 g/mol. The van der Waals surface area contributed by atoms with Crippen molar-refractivity contribution in [1.82, 2.24) is 79.7 Å². The predicted molar refractivity (Wildman–Crippen MR) is 338 cm³/mol. The van der Waals surface area contributed by atoms with Gasteiger partial charge in [0.15, 0.2) is 46.6 Å². The Balaban J connectivity index is 0.000000147. The molecule has 0 spiro atoms. The van der Waals surface area contributed by atoms with Crippen LogP contribution in [0.3, 0.4) is 0 Å². The SMILES string of the molecule is N#Cc1cc2c3nc4nc(nc5[nH]c(nc6nc(nc([nH]3)c2cc1C#N)-c1ccccc1-6)c1ccccc51)-c1ccccc1-4.N#Cc1cc2c3nc4nc(nc5[nH]c(nc6nc(nc([nH]3)c2cc1C#N)-c1ccccc1-6)c1ccccc51)-c1ccccc1-4.O.O. The van der Waals surface area contributed by atoms with Gasteiger partial charge in [-0.25, -0.2) is 59.8 Å². The summed E-state index contributed by atoms with van der Waals surface area (Å²) in [6, 6.07) is 62.2. The second-order valence-corrected chi connectivity index (χ2v) is 20.8. The molecule has 0 amide bonds. The van der Waals surface area contributed by atoms with Crippen LogP contribution < -0.4 is 0 Å². The van der Waals surface area contributed by atoms with E-state index in [0.29, 0.717) is 113 Å². The number of aromatic nitrogens is 16. The van der Waals surface area contributed by atoms with Crippen LogP contribution in [0.15, 0.2) is 170 Å². The number of fused-ring (bicyclic) bond motifs is 40. The molecule has 4 aliphatic rings. The van der Waals surface area contributed by atoms with Crippen molar-refractivity contribution in [3.05, 3.63) is 192 Å². The van der Waals surface area contributed by atoms with Crippen LogP contribution in [0.5, 0.6) is 0 Å². The van der Waals surface area contributed by atoms with E-state index < -0.39 is 0 Å². The van der Waals surface area contributed by atoms with Crippen molar-refractivity contribution < 1.29 is 11.0 Å². The lowest BCUT2D eigenvalue weighted by atomic mass is 10.0. The molecule has 22 nitrogen and oxygen atoms in total. The van der Waals surface area contributed by atoms with E-state index in [4.69, 9.17) is 59.8 Å². The summed E-state index contributed by atoms with van der Waals surface area (Å²) in [4.78, 5) is 72.7. The highest BCUT2D eigenvalue weighted by atomic mass is 16.0. The van der Waals surface area contributed by atoms with Crippen LogP contribution in [-0.4, -0.2) is 90.7 Å². The molecule has 0 unspecified atom stereocenters. The van der Waals surface area contributed by atoms with Gasteiger partial charge >= 0.3 is 0 Å². The Kier molecular flexibility index (Phi) is 12.1. The Bertz CT molecular complexity index is 5330. The van der Waals surface area contributed by atoms with E-state index in [1.807, 2.05) is 146 Å². The largest absolute Gasteiger partial charge is 0.412 e. The fourth-order valence-corrected chi connectivity index (χ4v) is 11.7. The van der Waals surface area contributed by atoms with Gasteiger partial charge in [-0.05, 0) is 24.3 Å². The molecule has 18 rings (SSSR count). The van der Waals surface area contributed by atoms with Gasteiger partial charge in [-0.3, -0.25) is 0 Å². The number of hydrogen-bond acceptors (Lipinski definition) is 16. The fraction of sp³-hybridized carbons (Fsp3) is 0. The maximum Gasteiger partial charge on any atom is 0.164 e. The minimum absolute atomic E-state index is 0. The van der Waals surface area contributed by atoms with Crippen LogP contribution in [-0.2, 0) is 0 Å². The fourth-order valence-electron chi connectivity index (χ4n) is 11.7. The molecule has 14 aromatic rings. The molecule has 0 saturated carbocycles. The molecule has 16 bridgehead atoms. The van der Waals surface area contributed by atoms with Crippen LogP contribution in [0.25, 0.3) is 179 Å². The minimum atomic E-state index is 0. The number of rotatable bonds is 0. The topological polar surface area (TPSA) is 376 Å². The van der Waals surface area contributed by atoms with Crippen molar-refractivity contribution in [2.75, 3.05) is 0 Å². The van der Waals surface area contributed by atoms with Gasteiger partial charge in [0.25, 0.3) is 0 Å². The summed E-state index contributed by atoms with van der Waals surface area (Å²) in [5.41, 5.74) is 11.9. The van der Waals surface area contributed by atoms with Crippen molar-refractivity contribution in [2.24, 2.45) is 0 Å². The third-order valence-electron chi connectivity index (χ3n) is 15.9. The summed E-state index contributed by atoms with van der Waals surface area (Å²) in [6.07, 6.45) is 0. The van der Waals surface area contributed by atoms with E-state index in [0.717, 1.165) is 66.1 Å². The van der Waals surface area contributed by atoms with Gasteiger partial charge in [0.2, 0.25) is 0 Å². The minimum Gasteiger partial charge on any atom is -0.412 e. The van der Waals surface area contributed by atoms with Gasteiger partial charge in [-0.1, -0.05) is 146 Å². The summed E-state index contributed by atoms with van der Waals surface area (Å²) >= 11 is 0. The molecule has 8 N–H and O–H groups in total. The molecule has 90 heavy (non-hydrogen) atoms. The molecule has 0 aliphatic carbocycles. The van der Waals surface area contributed by atoms with E-state index in [1.54, 1.807) is 24.3 Å². The monoisotopic (exact) mass is 1160 g/mol. The van der Waals surface area contributed by atoms with Gasteiger partial charge in [0.05, 0.1) is 22.3 Å². The molecule has 6 aromatic heterocycles. The summed E-state index contributed by atoms with van der Waals surface area (Å²) in [5, 5.41) is 45.3. The van der Waals surface area contributed by atoms with Crippen LogP contribution in [0.1, 0.15) is 22.3 Å². The number of nitrogens with one attached hydrogen (secondary N) is 4. The molecule has 0 saturated heterocycles. The maximum atomic E-state index is 9.79. The zero-order valence-corrected chi connectivity index (χ0v) is 46.3. The van der Waals surface area contributed by atoms with Gasteiger partial charge in [-0.15, -0.1) is 0 Å². The first-order valence-corrected chi connectivity index (χ1v) is 27.5. The molecular weight excluding hydrogens is 1130 g/mol. The van der Waals surface area contributed by atoms with E-state index in [-0.39, 0.29) is 33.2 Å². The lowest BCUT2D eigenvalue weighted by Gasteiger charge is -1.97. The number of nitriles is 4. The molecule has 10 heterocycles. The Hall–Kier alpha value is -13.6. The summed E-state index contributed by atoms with van der Waals surface area (Å²) in [6.45, 7) is 0. The van der Waals surface area contributed by atoms with E-state index in [9.17, 15) is 21.0 Å². The van der Waals surface area contributed by atoms with Crippen LogP contribution in [0.2, 0.25) is 0 Å². The Morgan fingerprint density at radius 3 is 0.533 bits per heavy atom. The smallest absolute Gasteiger partial charge is 0.164 e. The first-order valence-electron chi connectivity index (χ1n) is 27.5. The zero-order chi connectivity index (χ0) is 58.7. The lowest BCUT2D eigenvalue weighted by Crippen LogP contribution is -1.85. The first-order chi connectivity index (χ1) is 43.4. The summed E-state index contributed by atoms with van der Waals surface area (Å²) < 4.78 is 0. The standard InChI is InChI=1S/2C34H16N10.2H2O/c2*35-15-17-13-25-26(14-18(17)16-36)34-43-32-24-12-6-4-10-22(24)30(41-32)39-28-20-8-2-1-7-19(20)27(37-28)38-29-21-9-3-5-11-23(21)31(40-29)42-33(25)44-34;;/h2*1-14H,(H2,37,38,39,40,41,42,43,44);2*1H2. The normalized spacial score (nSPS) is 11.3. The molecule has 0 radical (unpaired) electrons. The van der Waals surface area contributed by atoms with Gasteiger partial charge in [0, 0.05) is 87.6 Å². The molecule has 22 heteroatoms. The van der Waals surface area contributed by atoms with E-state index in [1.165, 1.54) is 0 Å². The quantitative estimate of drug-likeness (QED) is 0.110. The molecule has 4 aliphatic heterocycles. The molecule has 420 valence electrons. The number of benzene rings is 8. The zero-order valence-electron chi connectivity index (χ0n) is 46.3. The van der Waals surface area contributed by atoms with Crippen molar-refractivity contribution in [3.63, 3.8) is 0 Å². The lowest BCUT2D eigenvalue weighted by molar-refractivity contribution is 0.823. The highest BCUT2D eigenvalue weighted by molar-refractivity contribution is 6.09. The predicted octanol–water partition coefficient (Wildman–Crippen LogP) is 11.6. The molecule has 8 aromatic carbocycles. The number of nitrogens with zero attached hydrogens (tertiary/aromatic N) is 16. The van der Waals surface area contributed by atoms with Crippen LogP contribution >= 0.6 is 0 Å². The third-order valence-corrected chi connectivity index (χ3v) is 15.9. The number of H-pyrrole nitrogens is 4. The van der Waals surface area contributed by atoms with Crippen molar-refractivity contribution in [3.8, 4) is 115 Å². The van der Waals surface area contributed by atoms with Crippen molar-refractivity contribution in [1.29, 1.82) is 21.0 Å². The molecular formula is C68H36N20O2. The van der Waals surface area contributed by atoms with Gasteiger partial charge in [-0.2, -0.15) is 21.0 Å². The van der Waals surface area contributed by atoms with Gasteiger partial charge < -0.3 is 30.9 Å². The number of hydrogen-bond donors (Lipinski definition) is 4. The van der Waals surface area contributed by atoms with Crippen molar-refractivity contribution >= 4 is 88.3 Å². The number of aromatic amines is 4. The second kappa shape index (κ2) is 20.6. The molecule has 0 fully saturated rings. The Labute approximate surface area is 505 Å². The Morgan fingerprint density at radius 2 is 0.367 bits per heavy atom. The average Bonchev–Trinajstić information content (AvgIpc) is 1.88. The third kappa shape index (κ3) is 8.24. The maximum absolute atomic E-state index is 9.79. The van der Waals surface area contributed by atoms with Crippen LogP contribution in [0.4, 0.5) is 0 Å². The van der Waals surface area contributed by atoms with E-state index >= 15 is 0 Å². The van der Waals surface area contributed by atoms with E-state index in [2.05, 4.69) is 44.2 Å². The Morgan fingerprint density at radius 1 is 0.211 bits per heavy atom. The van der Waals surface area contributed by atoms with Crippen LogP contribution in [0, 0.1) is 45.3 Å². The summed E-state index contributed by atoms with van der Waals surface area (Å²) in [7, 11) is 0. The first kappa shape index (κ1) is 53.1. The highest BCUT2D eigenvalue weighted by Gasteiger charge is 2.25. The summed E-state index contributed by atoms with van der Waals surface area (Å²) in [5.74, 6) is 3.88. The molecule has 0 atom stereocenters. The second-order valence-electron chi connectivity index (χ2n) is 20.8. The van der Waals surface area contributed by atoms with Gasteiger partial charge in [0.1, 0.15) is 69.5 Å². The highest BCUT2D eigenvalue weighted by Crippen LogP contribution is 2.40.